The molecule has 0 amide bonds. The van der Waals surface area contributed by atoms with E-state index in [1.807, 2.05) is 18.3 Å². The minimum atomic E-state index is 0.678. The van der Waals surface area contributed by atoms with Gasteiger partial charge in [-0.15, -0.1) is 0 Å². The summed E-state index contributed by atoms with van der Waals surface area (Å²) in [6.45, 7) is 4.58. The van der Waals surface area contributed by atoms with Gasteiger partial charge < -0.3 is 10.6 Å². The van der Waals surface area contributed by atoms with E-state index in [9.17, 15) is 0 Å². The van der Waals surface area contributed by atoms with Gasteiger partial charge >= 0.3 is 0 Å². The highest BCUT2D eigenvalue weighted by Crippen LogP contribution is 2.28. The molecule has 0 aliphatic carbocycles. The molecular weight excluding hydrogens is 314 g/mol. The van der Waals surface area contributed by atoms with Crippen LogP contribution in [0.4, 0.5) is 5.69 Å². The Labute approximate surface area is 129 Å². The van der Waals surface area contributed by atoms with Gasteiger partial charge in [-0.3, -0.25) is 4.98 Å². The summed E-state index contributed by atoms with van der Waals surface area (Å²) in [6, 6.07) is 12.5. The van der Waals surface area contributed by atoms with Crippen molar-refractivity contribution < 1.29 is 0 Å². The van der Waals surface area contributed by atoms with Crippen LogP contribution in [0.25, 0.3) is 0 Å². The zero-order valence-electron chi connectivity index (χ0n) is 11.7. The largest absolute Gasteiger partial charge is 0.365 e. The van der Waals surface area contributed by atoms with Crippen molar-refractivity contribution in [1.29, 1.82) is 0 Å². The third-order valence-electron chi connectivity index (χ3n) is 3.25. The molecule has 0 bridgehead atoms. The Hall–Kier alpha value is -1.39. The molecule has 106 valence electrons. The predicted octanol–water partition coefficient (Wildman–Crippen LogP) is 3.37. The second kappa shape index (κ2) is 7.41. The van der Waals surface area contributed by atoms with Crippen molar-refractivity contribution in [2.45, 2.75) is 19.9 Å². The monoisotopic (exact) mass is 333 g/mol. The Balaban J connectivity index is 2.19. The Morgan fingerprint density at radius 3 is 2.70 bits per heavy atom. The quantitative estimate of drug-likeness (QED) is 0.881. The van der Waals surface area contributed by atoms with Gasteiger partial charge in [0.15, 0.2) is 0 Å². The molecule has 4 heteroatoms. The van der Waals surface area contributed by atoms with E-state index in [2.05, 4.69) is 57.0 Å². The van der Waals surface area contributed by atoms with E-state index in [4.69, 9.17) is 5.73 Å². The SMILES string of the molecule is CCN(Cc1ccccn1)c1ccc(CCN)cc1Br. The van der Waals surface area contributed by atoms with Crippen molar-refractivity contribution in [3.63, 3.8) is 0 Å². The summed E-state index contributed by atoms with van der Waals surface area (Å²) < 4.78 is 1.11. The molecule has 3 nitrogen and oxygen atoms in total. The summed E-state index contributed by atoms with van der Waals surface area (Å²) in [5.74, 6) is 0. The smallest absolute Gasteiger partial charge is 0.0602 e. The van der Waals surface area contributed by atoms with E-state index in [0.717, 1.165) is 29.7 Å². The summed E-state index contributed by atoms with van der Waals surface area (Å²) in [4.78, 5) is 6.70. The van der Waals surface area contributed by atoms with E-state index in [1.165, 1.54) is 11.3 Å². The minimum absolute atomic E-state index is 0.678. The van der Waals surface area contributed by atoms with E-state index >= 15 is 0 Å². The van der Waals surface area contributed by atoms with Crippen LogP contribution in [-0.4, -0.2) is 18.1 Å². The number of halogens is 1. The molecule has 20 heavy (non-hydrogen) atoms. The molecule has 0 atom stereocenters. The maximum atomic E-state index is 5.60. The number of nitrogens with zero attached hydrogens (tertiary/aromatic N) is 2. The van der Waals surface area contributed by atoms with Crippen LogP contribution in [-0.2, 0) is 13.0 Å². The molecule has 1 aromatic carbocycles. The minimum Gasteiger partial charge on any atom is -0.365 e. The van der Waals surface area contributed by atoms with Gasteiger partial charge in [0, 0.05) is 17.2 Å². The number of nitrogens with two attached hydrogens (primary N) is 1. The van der Waals surface area contributed by atoms with Crippen molar-refractivity contribution >= 4 is 21.6 Å². The van der Waals surface area contributed by atoms with Gasteiger partial charge in [0.25, 0.3) is 0 Å². The van der Waals surface area contributed by atoms with E-state index < -0.39 is 0 Å². The lowest BCUT2D eigenvalue weighted by atomic mass is 10.1. The molecule has 2 N–H and O–H groups in total. The van der Waals surface area contributed by atoms with Crippen LogP contribution in [0.5, 0.6) is 0 Å². The summed E-state index contributed by atoms with van der Waals surface area (Å²) in [6.07, 6.45) is 2.74. The number of hydrogen-bond acceptors (Lipinski definition) is 3. The summed E-state index contributed by atoms with van der Waals surface area (Å²) in [5.41, 5.74) is 9.13. The second-order valence-corrected chi connectivity index (χ2v) is 5.51. The van der Waals surface area contributed by atoms with Gasteiger partial charge in [0.1, 0.15) is 0 Å². The lowest BCUT2D eigenvalue weighted by Crippen LogP contribution is -2.23. The van der Waals surface area contributed by atoms with Gasteiger partial charge in [-0.1, -0.05) is 12.1 Å². The van der Waals surface area contributed by atoms with Crippen molar-refractivity contribution in [3.05, 3.63) is 58.3 Å². The molecule has 0 fully saturated rings. The van der Waals surface area contributed by atoms with Crippen molar-refractivity contribution in [1.82, 2.24) is 4.98 Å². The molecule has 0 radical (unpaired) electrons. The van der Waals surface area contributed by atoms with Gasteiger partial charge in [0.05, 0.1) is 17.9 Å². The van der Waals surface area contributed by atoms with E-state index in [1.54, 1.807) is 0 Å². The third-order valence-corrected chi connectivity index (χ3v) is 3.88. The number of rotatable bonds is 6. The fourth-order valence-corrected chi connectivity index (χ4v) is 2.86. The van der Waals surface area contributed by atoms with Gasteiger partial charge in [0.2, 0.25) is 0 Å². The average Bonchev–Trinajstić information content (AvgIpc) is 2.47. The fourth-order valence-electron chi connectivity index (χ4n) is 2.18. The molecule has 2 rings (SSSR count). The fraction of sp³-hybridized carbons (Fsp3) is 0.312. The summed E-state index contributed by atoms with van der Waals surface area (Å²) >= 11 is 3.67. The van der Waals surface area contributed by atoms with Crippen molar-refractivity contribution in [3.8, 4) is 0 Å². The molecule has 0 unspecified atom stereocenters. The van der Waals surface area contributed by atoms with Gasteiger partial charge in [-0.05, 0) is 65.6 Å². The second-order valence-electron chi connectivity index (χ2n) is 4.66. The summed E-state index contributed by atoms with van der Waals surface area (Å²) in [7, 11) is 0. The van der Waals surface area contributed by atoms with Crippen molar-refractivity contribution in [2.75, 3.05) is 18.0 Å². The number of aromatic nitrogens is 1. The van der Waals surface area contributed by atoms with Crippen LogP contribution in [0.3, 0.4) is 0 Å². The number of anilines is 1. The molecule has 0 saturated heterocycles. The average molecular weight is 334 g/mol. The van der Waals surface area contributed by atoms with Crippen LogP contribution in [0, 0.1) is 0 Å². The van der Waals surface area contributed by atoms with E-state index in [0.29, 0.717) is 6.54 Å². The zero-order valence-corrected chi connectivity index (χ0v) is 13.3. The standard InChI is InChI=1S/C16H20BrN3/c1-2-20(12-14-5-3-4-10-19-14)16-7-6-13(8-9-18)11-15(16)17/h3-7,10-11H,2,8-9,12,18H2,1H3. The first-order valence-electron chi connectivity index (χ1n) is 6.88. The first kappa shape index (κ1) is 15.0. The van der Waals surface area contributed by atoms with E-state index in [-0.39, 0.29) is 0 Å². The molecule has 1 aromatic heterocycles. The first-order valence-corrected chi connectivity index (χ1v) is 7.67. The molecule has 2 aromatic rings. The normalized spacial score (nSPS) is 10.6. The lowest BCUT2D eigenvalue weighted by Gasteiger charge is -2.24. The highest BCUT2D eigenvalue weighted by molar-refractivity contribution is 9.10. The maximum Gasteiger partial charge on any atom is 0.0602 e. The third kappa shape index (κ3) is 3.81. The maximum absolute atomic E-state index is 5.60. The highest BCUT2D eigenvalue weighted by atomic mass is 79.9. The van der Waals surface area contributed by atoms with Crippen LogP contribution in [0.2, 0.25) is 0 Å². The molecular formula is C16H20BrN3. The molecule has 0 aliphatic heterocycles. The lowest BCUT2D eigenvalue weighted by molar-refractivity contribution is 0.807. The van der Waals surface area contributed by atoms with Gasteiger partial charge in [-0.25, -0.2) is 0 Å². The molecule has 0 saturated carbocycles. The Morgan fingerprint density at radius 1 is 1.25 bits per heavy atom. The first-order chi connectivity index (χ1) is 9.74. The van der Waals surface area contributed by atoms with Crippen LogP contribution < -0.4 is 10.6 Å². The van der Waals surface area contributed by atoms with Crippen LogP contribution >= 0.6 is 15.9 Å². The highest BCUT2D eigenvalue weighted by Gasteiger charge is 2.10. The Kier molecular flexibility index (Phi) is 5.56. The van der Waals surface area contributed by atoms with Gasteiger partial charge in [-0.2, -0.15) is 0 Å². The molecule has 0 spiro atoms. The molecule has 0 aliphatic rings. The van der Waals surface area contributed by atoms with Crippen LogP contribution in [0.1, 0.15) is 18.2 Å². The zero-order chi connectivity index (χ0) is 14.4. The number of hydrogen-bond donors (Lipinski definition) is 1. The molecule has 1 heterocycles. The Bertz CT molecular complexity index is 543. The summed E-state index contributed by atoms with van der Waals surface area (Å²) in [5, 5.41) is 0. The topological polar surface area (TPSA) is 42.2 Å². The number of pyridine rings is 1. The van der Waals surface area contributed by atoms with Crippen LogP contribution in [0.15, 0.2) is 47.1 Å². The van der Waals surface area contributed by atoms with Crippen molar-refractivity contribution in [2.24, 2.45) is 5.73 Å². The number of benzene rings is 1. The Morgan fingerprint density at radius 2 is 2.10 bits per heavy atom. The predicted molar refractivity (Wildman–Crippen MR) is 87.9 cm³/mol.